The average molecular weight is 241 g/mol. The van der Waals surface area contributed by atoms with Crippen LogP contribution in [0.15, 0.2) is 10.9 Å². The van der Waals surface area contributed by atoms with Crippen LogP contribution in [0.1, 0.15) is 32.5 Å². The van der Waals surface area contributed by atoms with Crippen LogP contribution in [0.5, 0.6) is 0 Å². The summed E-state index contributed by atoms with van der Waals surface area (Å²) in [6.07, 6.45) is 0. The fraction of sp³-hybridized carbons (Fsp3) is 0.750. The van der Waals surface area contributed by atoms with Crippen LogP contribution in [0, 0.1) is 5.92 Å². The first-order chi connectivity index (χ1) is 7.50. The maximum atomic E-state index is 4.35. The van der Waals surface area contributed by atoms with E-state index >= 15 is 0 Å². The van der Waals surface area contributed by atoms with Crippen molar-refractivity contribution in [1.29, 1.82) is 0 Å². The van der Waals surface area contributed by atoms with Crippen LogP contribution in [0.2, 0.25) is 0 Å². The highest BCUT2D eigenvalue weighted by Gasteiger charge is 2.18. The fourth-order valence-electron chi connectivity index (χ4n) is 1.69. The van der Waals surface area contributed by atoms with Crippen molar-refractivity contribution in [2.75, 3.05) is 20.6 Å². The van der Waals surface area contributed by atoms with Gasteiger partial charge in [-0.15, -0.1) is 11.3 Å². The van der Waals surface area contributed by atoms with Crippen LogP contribution in [0.25, 0.3) is 0 Å². The molecule has 4 heteroatoms. The molecule has 92 valence electrons. The molecule has 0 aliphatic carbocycles. The largest absolute Gasteiger partial charge is 0.308 e. The highest BCUT2D eigenvalue weighted by Crippen LogP contribution is 2.15. The van der Waals surface area contributed by atoms with E-state index in [2.05, 4.69) is 55.4 Å². The van der Waals surface area contributed by atoms with Crippen molar-refractivity contribution in [2.45, 2.75) is 32.9 Å². The summed E-state index contributed by atoms with van der Waals surface area (Å²) in [5, 5.41) is 5.77. The molecule has 1 N–H and O–H groups in total. The average Bonchev–Trinajstić information content (AvgIpc) is 2.68. The molecule has 0 saturated heterocycles. The van der Waals surface area contributed by atoms with Crippen molar-refractivity contribution in [2.24, 2.45) is 5.92 Å². The molecule has 0 fully saturated rings. The molecule has 2 unspecified atom stereocenters. The van der Waals surface area contributed by atoms with E-state index in [9.17, 15) is 0 Å². The summed E-state index contributed by atoms with van der Waals surface area (Å²) in [6, 6.07) is 0.838. The van der Waals surface area contributed by atoms with Gasteiger partial charge in [0.25, 0.3) is 0 Å². The number of thiazole rings is 1. The van der Waals surface area contributed by atoms with Crippen molar-refractivity contribution in [1.82, 2.24) is 15.2 Å². The van der Waals surface area contributed by atoms with E-state index in [1.807, 2.05) is 5.51 Å². The lowest BCUT2D eigenvalue weighted by atomic mass is 10.0. The molecule has 0 aliphatic rings. The monoisotopic (exact) mass is 241 g/mol. The molecule has 1 aromatic rings. The van der Waals surface area contributed by atoms with Crippen LogP contribution >= 0.6 is 11.3 Å². The highest BCUT2D eigenvalue weighted by molar-refractivity contribution is 7.07. The third-order valence-corrected chi connectivity index (χ3v) is 3.33. The molecule has 0 amide bonds. The topological polar surface area (TPSA) is 28.2 Å². The lowest BCUT2D eigenvalue weighted by Crippen LogP contribution is -2.43. The van der Waals surface area contributed by atoms with Crippen LogP contribution in [0.3, 0.4) is 0 Å². The zero-order valence-electron chi connectivity index (χ0n) is 10.9. The minimum Gasteiger partial charge on any atom is -0.308 e. The van der Waals surface area contributed by atoms with Crippen molar-refractivity contribution >= 4 is 11.3 Å². The lowest BCUT2D eigenvalue weighted by molar-refractivity contribution is 0.272. The molecule has 1 heterocycles. The Balaban J connectivity index is 2.54. The Kier molecular flexibility index (Phi) is 5.38. The second kappa shape index (κ2) is 6.33. The predicted octanol–water partition coefficient (Wildman–Crippen LogP) is 2.38. The molecule has 3 nitrogen and oxygen atoms in total. The van der Waals surface area contributed by atoms with Crippen molar-refractivity contribution in [3.8, 4) is 0 Å². The van der Waals surface area contributed by atoms with Gasteiger partial charge in [-0.25, -0.2) is 4.98 Å². The zero-order chi connectivity index (χ0) is 12.1. The van der Waals surface area contributed by atoms with Gasteiger partial charge in [0.05, 0.1) is 11.2 Å². The van der Waals surface area contributed by atoms with Gasteiger partial charge in [0.2, 0.25) is 0 Å². The third-order valence-electron chi connectivity index (χ3n) is 2.73. The van der Waals surface area contributed by atoms with Gasteiger partial charge in [-0.3, -0.25) is 0 Å². The second-order valence-electron chi connectivity index (χ2n) is 4.91. The molecule has 0 spiro atoms. The van der Waals surface area contributed by atoms with Gasteiger partial charge in [0.15, 0.2) is 0 Å². The maximum Gasteiger partial charge on any atom is 0.0795 e. The molecule has 1 aromatic heterocycles. The number of hydrogen-bond acceptors (Lipinski definition) is 4. The van der Waals surface area contributed by atoms with Crippen LogP contribution in [-0.4, -0.2) is 36.6 Å². The summed E-state index contributed by atoms with van der Waals surface area (Å²) in [6.45, 7) is 7.76. The number of nitrogens with one attached hydrogen (secondary N) is 1. The van der Waals surface area contributed by atoms with E-state index in [4.69, 9.17) is 0 Å². The molecule has 2 atom stereocenters. The first-order valence-electron chi connectivity index (χ1n) is 5.79. The predicted molar refractivity (Wildman–Crippen MR) is 70.8 cm³/mol. The number of hydrogen-bond donors (Lipinski definition) is 1. The van der Waals surface area contributed by atoms with E-state index in [-0.39, 0.29) is 0 Å². The number of aromatic nitrogens is 1. The molecular weight excluding hydrogens is 218 g/mol. The summed E-state index contributed by atoms with van der Waals surface area (Å²) >= 11 is 1.66. The van der Waals surface area contributed by atoms with E-state index in [1.165, 1.54) is 0 Å². The van der Waals surface area contributed by atoms with Crippen molar-refractivity contribution < 1.29 is 0 Å². The highest BCUT2D eigenvalue weighted by atomic mass is 32.1. The summed E-state index contributed by atoms with van der Waals surface area (Å²) in [7, 11) is 4.23. The zero-order valence-corrected chi connectivity index (χ0v) is 11.7. The minimum atomic E-state index is 0.332. The van der Waals surface area contributed by atoms with Crippen molar-refractivity contribution in [3.05, 3.63) is 16.6 Å². The summed E-state index contributed by atoms with van der Waals surface area (Å²) in [5.74, 6) is 0.628. The third kappa shape index (κ3) is 4.20. The van der Waals surface area contributed by atoms with Gasteiger partial charge >= 0.3 is 0 Å². The molecule has 16 heavy (non-hydrogen) atoms. The first kappa shape index (κ1) is 13.6. The Hall–Kier alpha value is -0.450. The Labute approximate surface area is 103 Å². The molecule has 1 rings (SSSR count). The van der Waals surface area contributed by atoms with Crippen LogP contribution < -0.4 is 5.32 Å². The maximum absolute atomic E-state index is 4.35. The van der Waals surface area contributed by atoms with Gasteiger partial charge in [0.1, 0.15) is 0 Å². The van der Waals surface area contributed by atoms with Crippen LogP contribution in [0.4, 0.5) is 0 Å². The Morgan fingerprint density at radius 1 is 1.38 bits per heavy atom. The molecular formula is C12H23N3S. The van der Waals surface area contributed by atoms with Gasteiger partial charge in [-0.05, 0) is 26.9 Å². The minimum absolute atomic E-state index is 0.332. The standard InChI is InChI=1S/C12H23N3S/c1-9(2)11(6-15(4)5)14-10(3)12-7-16-8-13-12/h7-11,14H,6H2,1-5H3. The van der Waals surface area contributed by atoms with Crippen LogP contribution in [-0.2, 0) is 0 Å². The summed E-state index contributed by atoms with van der Waals surface area (Å²) < 4.78 is 0. The molecule has 0 bridgehead atoms. The Morgan fingerprint density at radius 3 is 2.50 bits per heavy atom. The van der Waals surface area contributed by atoms with E-state index in [0.29, 0.717) is 18.0 Å². The summed E-state index contributed by atoms with van der Waals surface area (Å²) in [5.41, 5.74) is 3.04. The molecule has 0 radical (unpaired) electrons. The quantitative estimate of drug-likeness (QED) is 0.829. The second-order valence-corrected chi connectivity index (χ2v) is 5.63. The number of rotatable bonds is 6. The van der Waals surface area contributed by atoms with E-state index in [1.54, 1.807) is 11.3 Å². The number of likely N-dealkylation sites (N-methyl/N-ethyl adjacent to an activating group) is 1. The SMILES string of the molecule is CC(NC(CN(C)C)C(C)C)c1cscn1. The van der Waals surface area contributed by atoms with E-state index in [0.717, 1.165) is 12.2 Å². The smallest absolute Gasteiger partial charge is 0.0795 e. The van der Waals surface area contributed by atoms with Crippen molar-refractivity contribution in [3.63, 3.8) is 0 Å². The number of nitrogens with zero attached hydrogens (tertiary/aromatic N) is 2. The first-order valence-corrected chi connectivity index (χ1v) is 6.74. The van der Waals surface area contributed by atoms with Gasteiger partial charge < -0.3 is 10.2 Å². The molecule has 0 saturated carbocycles. The Bertz CT molecular complexity index is 282. The van der Waals surface area contributed by atoms with Gasteiger partial charge in [-0.1, -0.05) is 13.8 Å². The van der Waals surface area contributed by atoms with E-state index < -0.39 is 0 Å². The lowest BCUT2D eigenvalue weighted by Gasteiger charge is -2.28. The van der Waals surface area contributed by atoms with Gasteiger partial charge in [0, 0.05) is 24.0 Å². The molecule has 0 aliphatic heterocycles. The fourth-order valence-corrected chi connectivity index (χ4v) is 2.34. The Morgan fingerprint density at radius 2 is 2.06 bits per heavy atom. The summed E-state index contributed by atoms with van der Waals surface area (Å²) in [4.78, 5) is 6.58. The molecule has 0 aromatic carbocycles. The normalized spacial score (nSPS) is 15.7. The van der Waals surface area contributed by atoms with Gasteiger partial charge in [-0.2, -0.15) is 0 Å².